The average Bonchev–Trinajstić information content (AvgIpc) is 2.75. The highest BCUT2D eigenvalue weighted by molar-refractivity contribution is 6.18. The minimum Gasteiger partial charge on any atom is -0.313 e. The van der Waals surface area contributed by atoms with Gasteiger partial charge in [0.15, 0.2) is 11.1 Å². The van der Waals surface area contributed by atoms with Gasteiger partial charge in [-0.1, -0.05) is 60.7 Å². The summed E-state index contributed by atoms with van der Waals surface area (Å²) in [6.45, 7) is 0. The first-order valence-corrected chi connectivity index (χ1v) is 9.20. The van der Waals surface area contributed by atoms with E-state index in [1.165, 1.54) is 0 Å². The molecule has 6 rings (SSSR count). The van der Waals surface area contributed by atoms with Gasteiger partial charge in [0, 0.05) is 37.6 Å². The van der Waals surface area contributed by atoms with Crippen LogP contribution in [0.5, 0.6) is 0 Å². The Morgan fingerprint density at radius 2 is 1.25 bits per heavy atom. The number of likely N-dealkylation sites (N-methyl/N-ethyl adjacent to an activating group) is 2. The number of fused-ring (bicyclic) bond motifs is 2. The molecule has 0 N–H and O–H groups in total. The summed E-state index contributed by atoms with van der Waals surface area (Å²) in [5.74, 6) is -0.436. The van der Waals surface area contributed by atoms with Crippen LogP contribution in [0, 0.1) is 0 Å². The van der Waals surface area contributed by atoms with E-state index in [2.05, 4.69) is 4.98 Å². The van der Waals surface area contributed by atoms with Gasteiger partial charge >= 0.3 is 0 Å². The van der Waals surface area contributed by atoms with E-state index in [-0.39, 0.29) is 11.8 Å². The topological polar surface area (TPSA) is 53.5 Å². The van der Waals surface area contributed by atoms with E-state index in [0.717, 1.165) is 11.1 Å². The normalized spacial score (nSPS) is 25.8. The Bertz CT molecular complexity index is 1070. The van der Waals surface area contributed by atoms with E-state index in [1.807, 2.05) is 66.7 Å². The molecule has 0 spiro atoms. The summed E-state index contributed by atoms with van der Waals surface area (Å²) < 4.78 is 0. The van der Waals surface area contributed by atoms with Crippen molar-refractivity contribution in [1.82, 2.24) is 14.8 Å². The number of pyridine rings is 1. The molecule has 2 amide bonds. The first-order valence-electron chi connectivity index (χ1n) is 9.20. The number of hydrogen-bond donors (Lipinski definition) is 0. The molecular formula is C23H19N3O2. The summed E-state index contributed by atoms with van der Waals surface area (Å²) in [4.78, 5) is 35.5. The molecular weight excluding hydrogens is 350 g/mol. The highest BCUT2D eigenvalue weighted by atomic mass is 16.2. The second-order valence-electron chi connectivity index (χ2n) is 7.30. The van der Waals surface area contributed by atoms with Gasteiger partial charge in [-0.25, -0.2) is 0 Å². The van der Waals surface area contributed by atoms with Crippen LogP contribution in [0.1, 0.15) is 22.3 Å². The SMILES string of the molecule is CN1C(=O)C2(c3ccccc3)C(=O)N(C)C1(c1ccccc1)c1cnccc12. The number of nitrogens with zero attached hydrogens (tertiary/aromatic N) is 3. The molecule has 28 heavy (non-hydrogen) atoms. The predicted molar refractivity (Wildman–Crippen MR) is 104 cm³/mol. The van der Waals surface area contributed by atoms with Crippen LogP contribution in [-0.2, 0) is 20.7 Å². The van der Waals surface area contributed by atoms with Crippen molar-refractivity contribution in [2.24, 2.45) is 0 Å². The van der Waals surface area contributed by atoms with E-state index in [0.29, 0.717) is 11.1 Å². The van der Waals surface area contributed by atoms with Gasteiger partial charge in [-0.15, -0.1) is 0 Å². The van der Waals surface area contributed by atoms with Gasteiger partial charge in [0.05, 0.1) is 0 Å². The van der Waals surface area contributed by atoms with Crippen molar-refractivity contribution in [2.45, 2.75) is 11.1 Å². The van der Waals surface area contributed by atoms with E-state index >= 15 is 0 Å². The molecule has 138 valence electrons. The highest BCUT2D eigenvalue weighted by Crippen LogP contribution is 2.56. The van der Waals surface area contributed by atoms with Crippen molar-refractivity contribution in [2.75, 3.05) is 14.1 Å². The summed E-state index contributed by atoms with van der Waals surface area (Å²) in [6, 6.07) is 20.8. The molecule has 1 aromatic heterocycles. The lowest BCUT2D eigenvalue weighted by molar-refractivity contribution is -0.176. The van der Waals surface area contributed by atoms with Gasteiger partial charge in [0.1, 0.15) is 0 Å². The van der Waals surface area contributed by atoms with Crippen LogP contribution >= 0.6 is 0 Å². The first-order chi connectivity index (χ1) is 13.6. The molecule has 0 saturated carbocycles. The first kappa shape index (κ1) is 16.7. The van der Waals surface area contributed by atoms with Crippen LogP contribution in [0.3, 0.4) is 0 Å². The zero-order chi connectivity index (χ0) is 19.5. The number of aromatic nitrogens is 1. The summed E-state index contributed by atoms with van der Waals surface area (Å²) >= 11 is 0. The quantitative estimate of drug-likeness (QED) is 0.652. The molecule has 2 aromatic carbocycles. The monoisotopic (exact) mass is 369 g/mol. The maximum atomic E-state index is 13.9. The average molecular weight is 369 g/mol. The van der Waals surface area contributed by atoms with Crippen molar-refractivity contribution in [3.05, 3.63) is 101 Å². The molecule has 0 atom stereocenters. The Labute approximate surface area is 163 Å². The molecule has 0 unspecified atom stereocenters. The fraction of sp³-hybridized carbons (Fsp3) is 0.174. The maximum absolute atomic E-state index is 13.9. The molecule has 1 fully saturated rings. The van der Waals surface area contributed by atoms with E-state index in [1.54, 1.807) is 36.3 Å². The second kappa shape index (κ2) is 5.52. The lowest BCUT2D eigenvalue weighted by atomic mass is 9.61. The van der Waals surface area contributed by atoms with Crippen molar-refractivity contribution >= 4 is 11.8 Å². The fourth-order valence-corrected chi connectivity index (χ4v) is 5.01. The Morgan fingerprint density at radius 3 is 1.82 bits per heavy atom. The lowest BCUT2D eigenvalue weighted by Crippen LogP contribution is -2.77. The molecule has 3 aromatic rings. The molecule has 3 aliphatic rings. The van der Waals surface area contributed by atoms with Crippen LogP contribution in [0.2, 0.25) is 0 Å². The number of hydrogen-bond acceptors (Lipinski definition) is 3. The maximum Gasteiger partial charge on any atom is 0.249 e. The van der Waals surface area contributed by atoms with Gasteiger partial charge in [0.25, 0.3) is 0 Å². The minimum atomic E-state index is -1.39. The molecule has 3 aliphatic heterocycles. The Balaban J connectivity index is 1.95. The van der Waals surface area contributed by atoms with Gasteiger partial charge in [-0.2, -0.15) is 0 Å². The Hall–Kier alpha value is -3.47. The van der Waals surface area contributed by atoms with E-state index in [4.69, 9.17) is 0 Å². The number of rotatable bonds is 2. The van der Waals surface area contributed by atoms with Crippen LogP contribution in [0.15, 0.2) is 79.1 Å². The van der Waals surface area contributed by atoms with Crippen molar-refractivity contribution < 1.29 is 9.59 Å². The second-order valence-corrected chi connectivity index (χ2v) is 7.30. The minimum absolute atomic E-state index is 0.218. The third kappa shape index (κ3) is 1.65. The van der Waals surface area contributed by atoms with Crippen LogP contribution in [-0.4, -0.2) is 40.7 Å². The molecule has 4 heterocycles. The number of carbonyl (C=O) groups excluding carboxylic acids is 2. The van der Waals surface area contributed by atoms with Crippen LogP contribution in [0.4, 0.5) is 0 Å². The highest BCUT2D eigenvalue weighted by Gasteiger charge is 2.69. The molecule has 5 nitrogen and oxygen atoms in total. The number of amides is 2. The molecule has 2 bridgehead atoms. The van der Waals surface area contributed by atoms with Crippen LogP contribution in [0.25, 0.3) is 0 Å². The number of carbonyl (C=O) groups is 2. The largest absolute Gasteiger partial charge is 0.313 e. The summed E-state index contributed by atoms with van der Waals surface area (Å²) in [6.07, 6.45) is 3.44. The number of benzene rings is 2. The van der Waals surface area contributed by atoms with Crippen molar-refractivity contribution in [3.8, 4) is 0 Å². The summed E-state index contributed by atoms with van der Waals surface area (Å²) in [7, 11) is 3.54. The predicted octanol–water partition coefficient (Wildman–Crippen LogP) is 2.51. The van der Waals surface area contributed by atoms with Gasteiger partial charge in [-0.05, 0) is 17.2 Å². The van der Waals surface area contributed by atoms with Crippen molar-refractivity contribution in [1.29, 1.82) is 0 Å². The molecule has 0 aliphatic carbocycles. The van der Waals surface area contributed by atoms with E-state index in [9.17, 15) is 9.59 Å². The zero-order valence-corrected chi connectivity index (χ0v) is 15.7. The Morgan fingerprint density at radius 1 is 0.714 bits per heavy atom. The molecule has 1 saturated heterocycles. The third-order valence-electron chi connectivity index (χ3n) is 6.21. The van der Waals surface area contributed by atoms with Crippen molar-refractivity contribution in [3.63, 3.8) is 0 Å². The smallest absolute Gasteiger partial charge is 0.249 e. The van der Waals surface area contributed by atoms with E-state index < -0.39 is 11.1 Å². The van der Waals surface area contributed by atoms with Gasteiger partial charge < -0.3 is 9.80 Å². The lowest BCUT2D eigenvalue weighted by Gasteiger charge is -2.61. The van der Waals surface area contributed by atoms with Crippen LogP contribution < -0.4 is 0 Å². The zero-order valence-electron chi connectivity index (χ0n) is 15.7. The summed E-state index contributed by atoms with van der Waals surface area (Å²) in [5, 5.41) is 0. The van der Waals surface area contributed by atoms with Gasteiger partial charge in [0.2, 0.25) is 11.8 Å². The summed E-state index contributed by atoms with van der Waals surface area (Å²) in [5.41, 5.74) is 0.697. The van der Waals surface area contributed by atoms with Gasteiger partial charge in [-0.3, -0.25) is 14.6 Å². The third-order valence-corrected chi connectivity index (χ3v) is 6.21. The molecule has 0 radical (unpaired) electrons. The fourth-order valence-electron chi connectivity index (χ4n) is 5.01. The standard InChI is InChI=1S/C23H19N3O2/c1-25-20(27)22(16-9-5-3-6-10-16)18-13-14-24-15-19(18)23(25,26(2)21(22)28)17-11-7-4-8-12-17/h3-15H,1-2H3. The Kier molecular flexibility index (Phi) is 3.29. The molecule has 5 heteroatoms.